The number of amides is 1. The van der Waals surface area contributed by atoms with Gasteiger partial charge in [-0.3, -0.25) is 4.79 Å². The van der Waals surface area contributed by atoms with Crippen LogP contribution in [-0.4, -0.2) is 10.5 Å². The van der Waals surface area contributed by atoms with Crippen molar-refractivity contribution in [3.63, 3.8) is 0 Å². The number of carbonyl (C=O) groups is 1. The molecule has 25 heavy (non-hydrogen) atoms. The van der Waals surface area contributed by atoms with Gasteiger partial charge in [-0.1, -0.05) is 0 Å². The number of rotatable bonds is 3. The Balaban J connectivity index is 2.31. The highest BCUT2D eigenvalue weighted by Gasteiger charge is 2.35. The van der Waals surface area contributed by atoms with Gasteiger partial charge >= 0.3 is 6.18 Å². The molecule has 2 aromatic rings. The molecule has 2 rings (SSSR count). The number of nitrogens with one attached hydrogen (secondary N) is 1. The lowest BCUT2D eigenvalue weighted by Gasteiger charge is -2.26. The largest absolute Gasteiger partial charge is 0.417 e. The molecule has 0 saturated heterocycles. The molecule has 0 aliphatic heterocycles. The standard InChI is InChI=1S/C17H13F3N4O/c1-16(2,24-6-5-11(8-21)10-24)15(25)23-13-4-3-12(9-22)14(7-13)17(18,19)20/h3-7,10H,1-2H3,(H,23,25). The number of benzene rings is 1. The van der Waals surface area contributed by atoms with E-state index in [9.17, 15) is 18.0 Å². The summed E-state index contributed by atoms with van der Waals surface area (Å²) >= 11 is 0. The second-order valence-electron chi connectivity index (χ2n) is 5.80. The molecule has 0 atom stereocenters. The molecule has 0 bridgehead atoms. The Kier molecular flexibility index (Phi) is 4.58. The maximum absolute atomic E-state index is 13.0. The first-order chi connectivity index (χ1) is 11.6. The smallest absolute Gasteiger partial charge is 0.338 e. The van der Waals surface area contributed by atoms with Gasteiger partial charge in [0.25, 0.3) is 0 Å². The first-order valence-electron chi connectivity index (χ1n) is 7.11. The normalized spacial score (nSPS) is 11.5. The summed E-state index contributed by atoms with van der Waals surface area (Å²) in [6.45, 7) is 3.13. The Morgan fingerprint density at radius 3 is 2.36 bits per heavy atom. The fourth-order valence-electron chi connectivity index (χ4n) is 2.17. The maximum atomic E-state index is 13.0. The van der Waals surface area contributed by atoms with Crippen LogP contribution in [0.4, 0.5) is 18.9 Å². The van der Waals surface area contributed by atoms with E-state index in [4.69, 9.17) is 10.5 Å². The first kappa shape index (κ1) is 18.1. The molecular formula is C17H13F3N4O. The molecule has 0 aliphatic carbocycles. The fourth-order valence-corrected chi connectivity index (χ4v) is 2.17. The minimum absolute atomic E-state index is 0.0722. The lowest BCUT2D eigenvalue weighted by molar-refractivity contribution is -0.137. The van der Waals surface area contributed by atoms with E-state index >= 15 is 0 Å². The van der Waals surface area contributed by atoms with Crippen LogP contribution < -0.4 is 5.32 Å². The maximum Gasteiger partial charge on any atom is 0.417 e. The minimum atomic E-state index is -4.70. The van der Waals surface area contributed by atoms with Gasteiger partial charge in [0.05, 0.1) is 22.8 Å². The van der Waals surface area contributed by atoms with Gasteiger partial charge in [0.15, 0.2) is 0 Å². The number of nitriles is 2. The van der Waals surface area contributed by atoms with Gasteiger partial charge in [-0.05, 0) is 38.1 Å². The third-order valence-electron chi connectivity index (χ3n) is 3.73. The van der Waals surface area contributed by atoms with E-state index in [0.29, 0.717) is 5.56 Å². The highest BCUT2D eigenvalue weighted by Crippen LogP contribution is 2.33. The molecule has 0 spiro atoms. The van der Waals surface area contributed by atoms with Crippen molar-refractivity contribution >= 4 is 11.6 Å². The highest BCUT2D eigenvalue weighted by molar-refractivity contribution is 5.96. The molecular weight excluding hydrogens is 333 g/mol. The van der Waals surface area contributed by atoms with Gasteiger partial charge in [-0.25, -0.2) is 0 Å². The van der Waals surface area contributed by atoms with Crippen molar-refractivity contribution in [3.05, 3.63) is 53.3 Å². The second-order valence-corrected chi connectivity index (χ2v) is 5.80. The Hall–Kier alpha value is -3.26. The molecule has 8 heteroatoms. The number of hydrogen-bond donors (Lipinski definition) is 1. The first-order valence-corrected chi connectivity index (χ1v) is 7.11. The molecule has 0 fully saturated rings. The Morgan fingerprint density at radius 1 is 1.16 bits per heavy atom. The average Bonchev–Trinajstić information content (AvgIpc) is 3.03. The number of halogens is 3. The average molecular weight is 346 g/mol. The van der Waals surface area contributed by atoms with Crippen molar-refractivity contribution in [2.45, 2.75) is 25.6 Å². The number of nitrogens with zero attached hydrogens (tertiary/aromatic N) is 3. The lowest BCUT2D eigenvalue weighted by Crippen LogP contribution is -2.39. The summed E-state index contributed by atoms with van der Waals surface area (Å²) in [5.41, 5.74) is -2.48. The van der Waals surface area contributed by atoms with Gasteiger partial charge in [0, 0.05) is 18.1 Å². The van der Waals surface area contributed by atoms with E-state index in [1.807, 2.05) is 6.07 Å². The van der Waals surface area contributed by atoms with E-state index in [2.05, 4.69) is 5.32 Å². The number of alkyl halides is 3. The molecule has 0 radical (unpaired) electrons. The molecule has 1 aromatic carbocycles. The number of aromatic nitrogens is 1. The summed E-state index contributed by atoms with van der Waals surface area (Å²) in [5.74, 6) is -0.564. The van der Waals surface area contributed by atoms with E-state index in [0.717, 1.165) is 12.1 Å². The number of hydrogen-bond acceptors (Lipinski definition) is 3. The summed E-state index contributed by atoms with van der Waals surface area (Å²) < 4.78 is 40.5. The Morgan fingerprint density at radius 2 is 1.84 bits per heavy atom. The molecule has 1 amide bonds. The Bertz CT molecular complexity index is 898. The SMILES string of the molecule is CC(C)(C(=O)Nc1ccc(C#N)c(C(F)(F)F)c1)n1ccc(C#N)c1. The molecule has 5 nitrogen and oxygen atoms in total. The van der Waals surface area contributed by atoms with Crippen LogP contribution in [0.25, 0.3) is 0 Å². The van der Waals surface area contributed by atoms with Crippen molar-refractivity contribution in [3.8, 4) is 12.1 Å². The summed E-state index contributed by atoms with van der Waals surface area (Å²) in [7, 11) is 0. The zero-order chi connectivity index (χ0) is 18.8. The molecule has 128 valence electrons. The van der Waals surface area contributed by atoms with Crippen LogP contribution >= 0.6 is 0 Å². The van der Waals surface area contributed by atoms with Crippen molar-refractivity contribution in [2.24, 2.45) is 0 Å². The second kappa shape index (κ2) is 6.33. The molecule has 0 unspecified atom stereocenters. The van der Waals surface area contributed by atoms with Gasteiger partial charge < -0.3 is 9.88 Å². The van der Waals surface area contributed by atoms with Crippen LogP contribution in [0.15, 0.2) is 36.7 Å². The summed E-state index contributed by atoms with van der Waals surface area (Å²) in [6.07, 6.45) is -1.69. The topological polar surface area (TPSA) is 81.6 Å². The van der Waals surface area contributed by atoms with Crippen molar-refractivity contribution in [1.29, 1.82) is 10.5 Å². The molecule has 1 heterocycles. The number of anilines is 1. The van der Waals surface area contributed by atoms with Crippen molar-refractivity contribution < 1.29 is 18.0 Å². The van der Waals surface area contributed by atoms with E-state index in [-0.39, 0.29) is 5.69 Å². The minimum Gasteiger partial charge on any atom is -0.338 e. The van der Waals surface area contributed by atoms with Crippen LogP contribution in [0.2, 0.25) is 0 Å². The molecule has 1 N–H and O–H groups in total. The third-order valence-corrected chi connectivity index (χ3v) is 3.73. The van der Waals surface area contributed by atoms with E-state index in [1.165, 1.54) is 35.2 Å². The quantitative estimate of drug-likeness (QED) is 0.921. The zero-order valence-corrected chi connectivity index (χ0v) is 13.3. The third kappa shape index (κ3) is 3.64. The summed E-state index contributed by atoms with van der Waals surface area (Å²) in [6, 6.07) is 7.91. The van der Waals surface area contributed by atoms with Crippen LogP contribution in [0.5, 0.6) is 0 Å². The molecule has 1 aromatic heterocycles. The molecule has 0 saturated carbocycles. The lowest BCUT2D eigenvalue weighted by atomic mass is 10.0. The predicted octanol–water partition coefficient (Wildman–Crippen LogP) is 3.62. The zero-order valence-electron chi connectivity index (χ0n) is 13.3. The van der Waals surface area contributed by atoms with Gasteiger partial charge in [-0.15, -0.1) is 0 Å². The van der Waals surface area contributed by atoms with Gasteiger partial charge in [0.2, 0.25) is 5.91 Å². The fraction of sp³-hybridized carbons (Fsp3) is 0.235. The van der Waals surface area contributed by atoms with Crippen LogP contribution in [0.3, 0.4) is 0 Å². The Labute approximate surface area is 141 Å². The van der Waals surface area contributed by atoms with Gasteiger partial charge in [0.1, 0.15) is 11.6 Å². The number of carbonyl (C=O) groups excluding carboxylic acids is 1. The summed E-state index contributed by atoms with van der Waals surface area (Å²) in [4.78, 5) is 12.5. The monoisotopic (exact) mass is 346 g/mol. The summed E-state index contributed by atoms with van der Waals surface area (Å²) in [5, 5.41) is 20.1. The molecule has 0 aliphatic rings. The van der Waals surface area contributed by atoms with E-state index in [1.54, 1.807) is 13.8 Å². The van der Waals surface area contributed by atoms with E-state index < -0.39 is 28.7 Å². The van der Waals surface area contributed by atoms with Crippen LogP contribution in [-0.2, 0) is 16.5 Å². The predicted molar refractivity (Wildman–Crippen MR) is 83.3 cm³/mol. The van der Waals surface area contributed by atoms with Crippen LogP contribution in [0, 0.1) is 22.7 Å². The van der Waals surface area contributed by atoms with Crippen molar-refractivity contribution in [2.75, 3.05) is 5.32 Å². The highest BCUT2D eigenvalue weighted by atomic mass is 19.4. The van der Waals surface area contributed by atoms with Crippen LogP contribution in [0.1, 0.15) is 30.5 Å². The van der Waals surface area contributed by atoms with Crippen molar-refractivity contribution in [1.82, 2.24) is 4.57 Å². The van der Waals surface area contributed by atoms with Gasteiger partial charge in [-0.2, -0.15) is 23.7 Å².